The minimum Gasteiger partial charge on any atom is -0.491 e. The molecule has 0 aromatic heterocycles. The fraction of sp³-hybridized carbons (Fsp3) is 0.417. The van der Waals surface area contributed by atoms with Gasteiger partial charge in [-0.2, -0.15) is 0 Å². The van der Waals surface area contributed by atoms with Crippen LogP contribution in [-0.4, -0.2) is 19.7 Å². The van der Waals surface area contributed by atoms with E-state index in [0.29, 0.717) is 20.3 Å². The SMILES string of the molecule is COC(=O)C(C)(C)COc1cc(Cl)c(Br)cc1Cl. The molecule has 0 fully saturated rings. The van der Waals surface area contributed by atoms with Gasteiger partial charge in [0.25, 0.3) is 0 Å². The largest absolute Gasteiger partial charge is 0.491 e. The normalized spacial score (nSPS) is 11.2. The maximum Gasteiger partial charge on any atom is 0.314 e. The van der Waals surface area contributed by atoms with E-state index in [9.17, 15) is 4.79 Å². The molecular formula is C12H13BrCl2O3. The van der Waals surface area contributed by atoms with E-state index in [2.05, 4.69) is 15.9 Å². The van der Waals surface area contributed by atoms with Crippen LogP contribution in [0.2, 0.25) is 10.0 Å². The third kappa shape index (κ3) is 3.77. The average Bonchev–Trinajstić information content (AvgIpc) is 2.31. The molecule has 0 unspecified atom stereocenters. The summed E-state index contributed by atoms with van der Waals surface area (Å²) in [6, 6.07) is 3.24. The summed E-state index contributed by atoms with van der Waals surface area (Å²) in [5.74, 6) is 0.0867. The first kappa shape index (κ1) is 15.6. The van der Waals surface area contributed by atoms with Crippen molar-refractivity contribution in [2.75, 3.05) is 13.7 Å². The molecule has 18 heavy (non-hydrogen) atoms. The summed E-state index contributed by atoms with van der Waals surface area (Å²) in [6.45, 7) is 3.61. The van der Waals surface area contributed by atoms with Gasteiger partial charge in [0.2, 0.25) is 0 Å². The molecule has 3 nitrogen and oxygen atoms in total. The number of rotatable bonds is 4. The summed E-state index contributed by atoms with van der Waals surface area (Å²) in [6.07, 6.45) is 0. The Morgan fingerprint density at radius 2 is 1.94 bits per heavy atom. The van der Waals surface area contributed by atoms with E-state index in [-0.39, 0.29) is 12.6 Å². The Labute approximate surface area is 124 Å². The lowest BCUT2D eigenvalue weighted by molar-refractivity contribution is -0.152. The van der Waals surface area contributed by atoms with Gasteiger partial charge in [0.05, 0.1) is 22.6 Å². The van der Waals surface area contributed by atoms with Gasteiger partial charge < -0.3 is 9.47 Å². The second-order valence-corrected chi connectivity index (χ2v) is 6.03. The highest BCUT2D eigenvalue weighted by Gasteiger charge is 2.30. The summed E-state index contributed by atoms with van der Waals surface area (Å²) in [7, 11) is 1.34. The molecule has 0 amide bonds. The fourth-order valence-electron chi connectivity index (χ4n) is 1.21. The standard InChI is InChI=1S/C12H13BrCl2O3/c1-12(2,11(16)17-3)6-18-10-5-8(14)7(13)4-9(10)15/h4-5H,6H2,1-3H3. The number of halogens is 3. The van der Waals surface area contributed by atoms with E-state index in [1.807, 2.05) is 0 Å². The lowest BCUT2D eigenvalue weighted by Crippen LogP contribution is -2.32. The number of methoxy groups -OCH3 is 1. The van der Waals surface area contributed by atoms with Crippen molar-refractivity contribution in [3.8, 4) is 5.75 Å². The number of hydrogen-bond donors (Lipinski definition) is 0. The molecule has 0 heterocycles. The van der Waals surface area contributed by atoms with E-state index in [1.54, 1.807) is 26.0 Å². The van der Waals surface area contributed by atoms with Crippen LogP contribution in [0.5, 0.6) is 5.75 Å². The Hall–Kier alpha value is -0.450. The number of benzene rings is 1. The average molecular weight is 356 g/mol. The summed E-state index contributed by atoms with van der Waals surface area (Å²) in [4.78, 5) is 11.5. The zero-order valence-corrected chi connectivity index (χ0v) is 13.3. The Kier molecular flexibility index (Phi) is 5.32. The summed E-state index contributed by atoms with van der Waals surface area (Å²) < 4.78 is 10.9. The molecule has 0 atom stereocenters. The highest BCUT2D eigenvalue weighted by Crippen LogP contribution is 2.34. The molecule has 0 N–H and O–H groups in total. The van der Waals surface area contributed by atoms with Crippen molar-refractivity contribution in [1.82, 2.24) is 0 Å². The second kappa shape index (κ2) is 6.13. The third-order valence-corrected chi connectivity index (χ3v) is 3.79. The van der Waals surface area contributed by atoms with Crippen LogP contribution in [0.3, 0.4) is 0 Å². The first-order chi connectivity index (χ1) is 8.27. The number of carbonyl (C=O) groups is 1. The molecule has 0 radical (unpaired) electrons. The quantitative estimate of drug-likeness (QED) is 0.595. The van der Waals surface area contributed by atoms with Crippen LogP contribution in [-0.2, 0) is 9.53 Å². The van der Waals surface area contributed by atoms with Crippen molar-refractivity contribution >= 4 is 45.1 Å². The number of carbonyl (C=O) groups excluding carboxylic acids is 1. The van der Waals surface area contributed by atoms with Crippen LogP contribution in [0.1, 0.15) is 13.8 Å². The molecule has 0 aliphatic rings. The number of ether oxygens (including phenoxy) is 2. The van der Waals surface area contributed by atoms with E-state index in [4.69, 9.17) is 32.7 Å². The van der Waals surface area contributed by atoms with Gasteiger partial charge in [-0.25, -0.2) is 0 Å². The molecule has 0 spiro atoms. The second-order valence-electron chi connectivity index (χ2n) is 4.36. The van der Waals surface area contributed by atoms with Crippen LogP contribution < -0.4 is 4.74 Å². The molecule has 1 aromatic rings. The monoisotopic (exact) mass is 354 g/mol. The zero-order valence-electron chi connectivity index (χ0n) is 10.2. The first-order valence-corrected chi connectivity index (χ1v) is 6.68. The van der Waals surface area contributed by atoms with Crippen LogP contribution in [0, 0.1) is 5.41 Å². The molecular weight excluding hydrogens is 343 g/mol. The van der Waals surface area contributed by atoms with E-state index in [1.165, 1.54) is 7.11 Å². The van der Waals surface area contributed by atoms with Gasteiger partial charge in [-0.05, 0) is 35.8 Å². The predicted molar refractivity (Wildman–Crippen MR) is 75.5 cm³/mol. The minimum absolute atomic E-state index is 0.150. The lowest BCUT2D eigenvalue weighted by atomic mass is 9.95. The third-order valence-electron chi connectivity index (χ3n) is 2.30. The Balaban J connectivity index is 2.81. The van der Waals surface area contributed by atoms with Gasteiger partial charge in [0.15, 0.2) is 0 Å². The van der Waals surface area contributed by atoms with Crippen LogP contribution in [0.15, 0.2) is 16.6 Å². The minimum atomic E-state index is -0.752. The molecule has 0 aliphatic carbocycles. The fourth-order valence-corrected chi connectivity index (χ4v) is 2.06. The van der Waals surface area contributed by atoms with E-state index < -0.39 is 5.41 Å². The van der Waals surface area contributed by atoms with Gasteiger partial charge in [-0.3, -0.25) is 4.79 Å². The van der Waals surface area contributed by atoms with Crippen LogP contribution >= 0.6 is 39.1 Å². The summed E-state index contributed by atoms with van der Waals surface area (Å²) in [5.41, 5.74) is -0.752. The van der Waals surface area contributed by atoms with Crippen molar-refractivity contribution in [3.05, 3.63) is 26.7 Å². The highest BCUT2D eigenvalue weighted by molar-refractivity contribution is 9.10. The smallest absolute Gasteiger partial charge is 0.314 e. The van der Waals surface area contributed by atoms with Gasteiger partial charge in [0.1, 0.15) is 12.4 Å². The zero-order chi connectivity index (χ0) is 13.9. The maximum atomic E-state index is 11.5. The van der Waals surface area contributed by atoms with Gasteiger partial charge in [0, 0.05) is 10.5 Å². The van der Waals surface area contributed by atoms with Crippen LogP contribution in [0.25, 0.3) is 0 Å². The predicted octanol–water partition coefficient (Wildman–Crippen LogP) is 4.33. The van der Waals surface area contributed by atoms with E-state index in [0.717, 1.165) is 0 Å². The van der Waals surface area contributed by atoms with Gasteiger partial charge in [-0.1, -0.05) is 23.2 Å². The molecule has 1 aromatic carbocycles. The number of esters is 1. The number of hydrogen-bond acceptors (Lipinski definition) is 3. The molecule has 0 saturated heterocycles. The Morgan fingerprint density at radius 3 is 2.50 bits per heavy atom. The molecule has 0 saturated carbocycles. The molecule has 100 valence electrons. The molecule has 1 rings (SSSR count). The van der Waals surface area contributed by atoms with Crippen molar-refractivity contribution in [2.45, 2.75) is 13.8 Å². The summed E-state index contributed by atoms with van der Waals surface area (Å²) >= 11 is 15.2. The molecule has 0 aliphatic heterocycles. The van der Waals surface area contributed by atoms with Crippen molar-refractivity contribution < 1.29 is 14.3 Å². The summed E-state index contributed by atoms with van der Waals surface area (Å²) in [5, 5.41) is 0.914. The van der Waals surface area contributed by atoms with Gasteiger partial charge in [-0.15, -0.1) is 0 Å². The van der Waals surface area contributed by atoms with Gasteiger partial charge >= 0.3 is 5.97 Å². The Morgan fingerprint density at radius 1 is 1.33 bits per heavy atom. The highest BCUT2D eigenvalue weighted by atomic mass is 79.9. The first-order valence-electron chi connectivity index (χ1n) is 5.13. The van der Waals surface area contributed by atoms with Crippen molar-refractivity contribution in [2.24, 2.45) is 5.41 Å². The topological polar surface area (TPSA) is 35.5 Å². The van der Waals surface area contributed by atoms with E-state index >= 15 is 0 Å². The maximum absolute atomic E-state index is 11.5. The Bertz CT molecular complexity index is 461. The molecule has 0 bridgehead atoms. The molecule has 6 heteroatoms. The van der Waals surface area contributed by atoms with Crippen molar-refractivity contribution in [1.29, 1.82) is 0 Å². The van der Waals surface area contributed by atoms with Crippen LogP contribution in [0.4, 0.5) is 0 Å². The van der Waals surface area contributed by atoms with Crippen molar-refractivity contribution in [3.63, 3.8) is 0 Å². The lowest BCUT2D eigenvalue weighted by Gasteiger charge is -2.22.